The number of hydrogen-bond acceptors (Lipinski definition) is 9. The third-order valence-corrected chi connectivity index (χ3v) is 8.47. The number of likely N-dealkylation sites (N-methyl/N-ethyl adjacent to an activating group) is 1. The van der Waals surface area contributed by atoms with Crippen LogP contribution in [0.3, 0.4) is 0 Å². The molecule has 13 heteroatoms. The average Bonchev–Trinajstić information content (AvgIpc) is 3.48. The van der Waals surface area contributed by atoms with Crippen LogP contribution < -0.4 is 16.0 Å². The highest BCUT2D eigenvalue weighted by molar-refractivity contribution is 6.35. The Morgan fingerprint density at radius 3 is 2.62 bits per heavy atom. The second-order valence-electron chi connectivity index (χ2n) is 11.3. The van der Waals surface area contributed by atoms with Crippen molar-refractivity contribution in [3.63, 3.8) is 0 Å². The Bertz CT molecular complexity index is 1480. The number of hydrogen-bond donors (Lipinski definition) is 2. The first-order valence-corrected chi connectivity index (χ1v) is 14.2. The van der Waals surface area contributed by atoms with E-state index in [9.17, 15) is 14.0 Å². The SMILES string of the molecule is Cc1c(F)c(N)cc(C(=O)Nc2cc(-n3cc(C(=O)OCC4(C)CCOCC4)nn3)ccc2N2CCN(C)CC2)c1Cl. The molecular weight excluding hydrogens is 565 g/mol. The predicted octanol–water partition coefficient (Wildman–Crippen LogP) is 3.93. The number of ether oxygens (including phenoxy) is 2. The minimum absolute atomic E-state index is 0.00876. The van der Waals surface area contributed by atoms with Gasteiger partial charge < -0.3 is 30.3 Å². The van der Waals surface area contributed by atoms with Gasteiger partial charge in [0, 0.05) is 50.4 Å². The number of nitrogens with zero attached hydrogens (tertiary/aromatic N) is 5. The third-order valence-electron chi connectivity index (χ3n) is 7.98. The lowest BCUT2D eigenvalue weighted by Crippen LogP contribution is -2.44. The molecule has 1 amide bonds. The van der Waals surface area contributed by atoms with Crippen LogP contribution in [0.15, 0.2) is 30.5 Å². The van der Waals surface area contributed by atoms with Crippen molar-refractivity contribution in [3.05, 3.63) is 58.1 Å². The number of anilines is 3. The average molecular weight is 600 g/mol. The number of rotatable bonds is 7. The first-order valence-electron chi connectivity index (χ1n) is 13.9. The van der Waals surface area contributed by atoms with Crippen LogP contribution in [0.25, 0.3) is 5.69 Å². The summed E-state index contributed by atoms with van der Waals surface area (Å²) in [5, 5.41) is 11.1. The fraction of sp³-hybridized carbons (Fsp3) is 0.448. The Labute approximate surface area is 248 Å². The van der Waals surface area contributed by atoms with E-state index in [1.807, 2.05) is 12.1 Å². The lowest BCUT2D eigenvalue weighted by molar-refractivity contribution is -0.0204. The maximum atomic E-state index is 14.3. The number of aromatic nitrogens is 3. The zero-order valence-electron chi connectivity index (χ0n) is 24.0. The molecule has 2 aliphatic heterocycles. The van der Waals surface area contributed by atoms with Gasteiger partial charge in [-0.05, 0) is 51.1 Å². The molecule has 2 fully saturated rings. The quantitative estimate of drug-likeness (QED) is 0.307. The molecule has 224 valence electrons. The van der Waals surface area contributed by atoms with Gasteiger partial charge in [0.1, 0.15) is 0 Å². The molecular formula is C29H35ClFN7O4. The van der Waals surface area contributed by atoms with E-state index in [1.165, 1.54) is 23.9 Å². The smallest absolute Gasteiger partial charge is 0.360 e. The molecule has 2 aliphatic rings. The summed E-state index contributed by atoms with van der Waals surface area (Å²) in [6.45, 7) is 8.34. The number of nitrogens with two attached hydrogens (primary N) is 1. The lowest BCUT2D eigenvalue weighted by Gasteiger charge is -2.35. The first kappa shape index (κ1) is 29.7. The molecule has 0 radical (unpaired) electrons. The molecule has 2 aromatic carbocycles. The molecule has 0 saturated carbocycles. The number of nitrogen functional groups attached to an aromatic ring is 1. The predicted molar refractivity (Wildman–Crippen MR) is 158 cm³/mol. The van der Waals surface area contributed by atoms with Gasteiger partial charge in [-0.15, -0.1) is 5.10 Å². The van der Waals surface area contributed by atoms with Crippen LogP contribution in [0, 0.1) is 18.2 Å². The van der Waals surface area contributed by atoms with Crippen LogP contribution in [0.4, 0.5) is 21.5 Å². The van der Waals surface area contributed by atoms with Crippen molar-refractivity contribution in [3.8, 4) is 5.69 Å². The molecule has 11 nitrogen and oxygen atoms in total. The Morgan fingerprint density at radius 1 is 1.19 bits per heavy atom. The van der Waals surface area contributed by atoms with Crippen molar-refractivity contribution in [2.24, 2.45) is 5.41 Å². The number of nitrogens with one attached hydrogen (secondary N) is 1. The van der Waals surface area contributed by atoms with Gasteiger partial charge in [0.2, 0.25) is 0 Å². The monoisotopic (exact) mass is 599 g/mol. The zero-order chi connectivity index (χ0) is 30.0. The summed E-state index contributed by atoms with van der Waals surface area (Å²) in [5.74, 6) is -1.75. The number of piperazine rings is 1. The molecule has 3 aromatic rings. The van der Waals surface area contributed by atoms with Crippen LogP contribution in [0.1, 0.15) is 46.2 Å². The van der Waals surface area contributed by atoms with Gasteiger partial charge in [0.25, 0.3) is 5.91 Å². The largest absolute Gasteiger partial charge is 0.460 e. The summed E-state index contributed by atoms with van der Waals surface area (Å²) in [6, 6.07) is 6.69. The van der Waals surface area contributed by atoms with Crippen LogP contribution >= 0.6 is 11.6 Å². The summed E-state index contributed by atoms with van der Waals surface area (Å²) < 4.78 is 26.7. The molecule has 0 aliphatic carbocycles. The summed E-state index contributed by atoms with van der Waals surface area (Å²) in [6.07, 6.45) is 3.12. The lowest BCUT2D eigenvalue weighted by atomic mass is 9.83. The summed E-state index contributed by atoms with van der Waals surface area (Å²) in [5.41, 5.74) is 7.58. The Balaban J connectivity index is 1.40. The minimum Gasteiger partial charge on any atom is -0.460 e. The maximum absolute atomic E-state index is 14.3. The van der Waals surface area contributed by atoms with E-state index >= 15 is 0 Å². The van der Waals surface area contributed by atoms with E-state index in [1.54, 1.807) is 6.07 Å². The Morgan fingerprint density at radius 2 is 1.90 bits per heavy atom. The number of esters is 1. The van der Waals surface area contributed by atoms with Gasteiger partial charge >= 0.3 is 5.97 Å². The third kappa shape index (κ3) is 6.35. The van der Waals surface area contributed by atoms with Crippen LogP contribution in [0.5, 0.6) is 0 Å². The number of amides is 1. The summed E-state index contributed by atoms with van der Waals surface area (Å²) in [7, 11) is 2.06. The topological polar surface area (TPSA) is 128 Å². The van der Waals surface area contributed by atoms with Crippen molar-refractivity contribution in [2.75, 3.05) is 69.0 Å². The van der Waals surface area contributed by atoms with E-state index in [0.717, 1.165) is 44.7 Å². The van der Waals surface area contributed by atoms with Gasteiger partial charge in [-0.2, -0.15) is 0 Å². The second kappa shape index (κ2) is 12.2. The van der Waals surface area contributed by atoms with E-state index < -0.39 is 17.7 Å². The van der Waals surface area contributed by atoms with Crippen molar-refractivity contribution in [1.82, 2.24) is 19.9 Å². The molecule has 2 saturated heterocycles. The van der Waals surface area contributed by atoms with Gasteiger partial charge in [0.15, 0.2) is 11.5 Å². The highest BCUT2D eigenvalue weighted by Crippen LogP contribution is 2.33. The number of carbonyl (C=O) groups is 2. The zero-order valence-corrected chi connectivity index (χ0v) is 24.7. The standard InChI is InChI=1S/C29H35ClFN7O4/c1-18-25(30)20(15-21(32)26(18)31)27(39)33-22-14-19(4-5-24(22)37-10-8-36(3)9-11-37)38-16-23(34-35-38)28(40)42-17-29(2)6-12-41-13-7-29/h4-5,14-16H,6-13,17,32H2,1-3H3,(H,33,39). The molecule has 42 heavy (non-hydrogen) atoms. The molecule has 1 aromatic heterocycles. The van der Waals surface area contributed by atoms with Gasteiger partial charge in [-0.1, -0.05) is 23.7 Å². The van der Waals surface area contributed by atoms with E-state index in [-0.39, 0.29) is 39.6 Å². The highest BCUT2D eigenvalue weighted by Gasteiger charge is 2.30. The number of halogens is 2. The summed E-state index contributed by atoms with van der Waals surface area (Å²) in [4.78, 5) is 30.6. The van der Waals surface area contributed by atoms with E-state index in [2.05, 4.69) is 39.4 Å². The van der Waals surface area contributed by atoms with Crippen LogP contribution in [-0.4, -0.2) is 84.8 Å². The van der Waals surface area contributed by atoms with E-state index in [0.29, 0.717) is 24.6 Å². The normalized spacial score (nSPS) is 17.2. The van der Waals surface area contributed by atoms with Crippen LogP contribution in [-0.2, 0) is 9.47 Å². The minimum atomic E-state index is -0.654. The fourth-order valence-corrected chi connectivity index (χ4v) is 5.27. The molecule has 3 N–H and O–H groups in total. The van der Waals surface area contributed by atoms with Crippen molar-refractivity contribution >= 4 is 40.5 Å². The van der Waals surface area contributed by atoms with E-state index in [4.69, 9.17) is 26.8 Å². The number of carbonyl (C=O) groups excluding carboxylic acids is 2. The van der Waals surface area contributed by atoms with Gasteiger partial charge in [-0.25, -0.2) is 13.9 Å². The van der Waals surface area contributed by atoms with Crippen molar-refractivity contribution < 1.29 is 23.5 Å². The molecule has 0 atom stereocenters. The number of benzene rings is 2. The molecule has 0 bridgehead atoms. The van der Waals surface area contributed by atoms with Crippen molar-refractivity contribution in [2.45, 2.75) is 26.7 Å². The maximum Gasteiger partial charge on any atom is 0.360 e. The van der Waals surface area contributed by atoms with Gasteiger partial charge in [0.05, 0.1) is 46.1 Å². The molecule has 3 heterocycles. The molecule has 0 unspecified atom stereocenters. The molecule has 5 rings (SSSR count). The highest BCUT2D eigenvalue weighted by atomic mass is 35.5. The Kier molecular flexibility index (Phi) is 8.67. The second-order valence-corrected chi connectivity index (χ2v) is 11.6. The van der Waals surface area contributed by atoms with Crippen LogP contribution in [0.2, 0.25) is 5.02 Å². The molecule has 0 spiro atoms. The Hall–Kier alpha value is -3.74. The fourth-order valence-electron chi connectivity index (χ4n) is 5.05. The van der Waals surface area contributed by atoms with Gasteiger partial charge in [-0.3, -0.25) is 4.79 Å². The summed E-state index contributed by atoms with van der Waals surface area (Å²) >= 11 is 6.33. The van der Waals surface area contributed by atoms with Crippen molar-refractivity contribution in [1.29, 1.82) is 0 Å². The first-order chi connectivity index (χ1) is 20.0.